The Balaban J connectivity index is 1.48. The third-order valence-corrected chi connectivity index (χ3v) is 6.30. The molecule has 8 heteroatoms. The summed E-state index contributed by atoms with van der Waals surface area (Å²) in [7, 11) is 1.66. The molecular formula is C24H25ClN6O. The van der Waals surface area contributed by atoms with Gasteiger partial charge in [0, 0.05) is 18.3 Å². The lowest BCUT2D eigenvalue weighted by Crippen LogP contribution is -2.33. The van der Waals surface area contributed by atoms with Gasteiger partial charge in [-0.05, 0) is 61.1 Å². The molecule has 4 aromatic rings. The number of methoxy groups -OCH3 is 1. The van der Waals surface area contributed by atoms with E-state index in [4.69, 9.17) is 27.1 Å². The summed E-state index contributed by atoms with van der Waals surface area (Å²) in [6.07, 6.45) is 9.55. The van der Waals surface area contributed by atoms with Crippen molar-refractivity contribution >= 4 is 23.2 Å². The van der Waals surface area contributed by atoms with E-state index in [2.05, 4.69) is 21.4 Å². The van der Waals surface area contributed by atoms with Crippen LogP contribution in [0.2, 0.25) is 5.02 Å². The van der Waals surface area contributed by atoms with Crippen molar-refractivity contribution in [1.29, 1.82) is 0 Å². The van der Waals surface area contributed by atoms with Crippen molar-refractivity contribution < 1.29 is 4.74 Å². The fourth-order valence-corrected chi connectivity index (χ4v) is 4.36. The van der Waals surface area contributed by atoms with Crippen LogP contribution in [-0.2, 0) is 0 Å². The molecule has 1 aliphatic carbocycles. The molecule has 5 rings (SSSR count). The molecule has 1 saturated carbocycles. The molecule has 0 radical (unpaired) electrons. The number of rotatable bonds is 5. The molecule has 0 saturated heterocycles. The Morgan fingerprint density at radius 3 is 2.50 bits per heavy atom. The molecule has 1 aliphatic rings. The molecule has 0 unspecified atom stereocenters. The number of nitrogens with two attached hydrogens (primary N) is 1. The highest BCUT2D eigenvalue weighted by Gasteiger charge is 2.20. The van der Waals surface area contributed by atoms with Gasteiger partial charge in [-0.1, -0.05) is 23.7 Å². The van der Waals surface area contributed by atoms with Crippen LogP contribution >= 0.6 is 11.6 Å². The second-order valence-electron chi connectivity index (χ2n) is 8.16. The van der Waals surface area contributed by atoms with Crippen molar-refractivity contribution in [1.82, 2.24) is 19.4 Å². The number of anilines is 1. The number of nitrogens with zero attached hydrogens (tertiary/aromatic N) is 4. The number of pyridine rings is 1. The number of fused-ring (bicyclic) bond motifs is 1. The Bertz CT molecular complexity index is 1230. The summed E-state index contributed by atoms with van der Waals surface area (Å²) in [5.74, 6) is 1.40. The van der Waals surface area contributed by atoms with Gasteiger partial charge in [0.15, 0.2) is 0 Å². The maximum Gasteiger partial charge on any atom is 0.223 e. The fourth-order valence-electron chi connectivity index (χ4n) is 4.17. The molecule has 7 nitrogen and oxygen atoms in total. The van der Waals surface area contributed by atoms with Crippen molar-refractivity contribution in [2.75, 3.05) is 12.4 Å². The molecule has 0 atom stereocenters. The summed E-state index contributed by atoms with van der Waals surface area (Å²) < 4.78 is 7.28. The van der Waals surface area contributed by atoms with Gasteiger partial charge in [-0.15, -0.1) is 0 Å². The lowest BCUT2D eigenvalue weighted by atomic mass is 9.92. The highest BCUT2D eigenvalue weighted by Crippen LogP contribution is 2.30. The SMILES string of the molecule is COc1ccc(-c2ccc3ncc(-c4nc(NC5CCC(N)CC5)ncc4Cl)n3c2)cc1. The van der Waals surface area contributed by atoms with E-state index in [1.165, 1.54) is 0 Å². The summed E-state index contributed by atoms with van der Waals surface area (Å²) in [6, 6.07) is 12.6. The fraction of sp³-hybridized carbons (Fsp3) is 0.292. The summed E-state index contributed by atoms with van der Waals surface area (Å²) in [6.45, 7) is 0. The first-order valence-corrected chi connectivity index (χ1v) is 11.1. The van der Waals surface area contributed by atoms with E-state index in [0.717, 1.165) is 53.9 Å². The van der Waals surface area contributed by atoms with Crippen LogP contribution in [0.5, 0.6) is 5.75 Å². The normalized spacial score (nSPS) is 18.6. The molecule has 3 aromatic heterocycles. The second-order valence-corrected chi connectivity index (χ2v) is 8.57. The van der Waals surface area contributed by atoms with Crippen molar-refractivity contribution in [3.05, 3.63) is 60.0 Å². The third kappa shape index (κ3) is 4.13. The first-order chi connectivity index (χ1) is 15.6. The van der Waals surface area contributed by atoms with Crippen LogP contribution in [0, 0.1) is 0 Å². The monoisotopic (exact) mass is 448 g/mol. The van der Waals surface area contributed by atoms with Gasteiger partial charge in [0.1, 0.15) is 17.1 Å². The predicted molar refractivity (Wildman–Crippen MR) is 127 cm³/mol. The number of benzene rings is 1. The van der Waals surface area contributed by atoms with E-state index < -0.39 is 0 Å². The zero-order valence-corrected chi connectivity index (χ0v) is 18.6. The Labute approximate surface area is 191 Å². The summed E-state index contributed by atoms with van der Waals surface area (Å²) in [5, 5.41) is 3.93. The summed E-state index contributed by atoms with van der Waals surface area (Å²) in [5.41, 5.74) is 10.5. The minimum atomic E-state index is 0.299. The number of hydrogen-bond acceptors (Lipinski definition) is 6. The average molecular weight is 449 g/mol. The van der Waals surface area contributed by atoms with E-state index in [1.807, 2.05) is 40.9 Å². The Morgan fingerprint density at radius 2 is 1.75 bits per heavy atom. The molecule has 1 fully saturated rings. The van der Waals surface area contributed by atoms with Crippen molar-refractivity contribution in [3.63, 3.8) is 0 Å². The van der Waals surface area contributed by atoms with Gasteiger partial charge >= 0.3 is 0 Å². The largest absolute Gasteiger partial charge is 0.497 e. The first kappa shape index (κ1) is 20.7. The number of halogens is 1. The molecule has 0 spiro atoms. The maximum atomic E-state index is 6.52. The standard InChI is InChI=1S/C24H25ClN6O/c1-32-19-9-2-15(3-10-19)16-4-11-22-27-13-21(31(22)14-16)23-20(25)12-28-24(30-23)29-18-7-5-17(26)6-8-18/h2-4,9-14,17-18H,5-8,26H2,1H3,(H,28,29,30). The van der Waals surface area contributed by atoms with Crippen LogP contribution in [0.4, 0.5) is 5.95 Å². The molecule has 1 aromatic carbocycles. The minimum Gasteiger partial charge on any atom is -0.497 e. The number of aromatic nitrogens is 4. The first-order valence-electron chi connectivity index (χ1n) is 10.8. The number of hydrogen-bond donors (Lipinski definition) is 2. The molecule has 0 amide bonds. The number of nitrogens with one attached hydrogen (secondary N) is 1. The van der Waals surface area contributed by atoms with Gasteiger partial charge in [0.05, 0.1) is 30.2 Å². The van der Waals surface area contributed by atoms with E-state index in [9.17, 15) is 0 Å². The van der Waals surface area contributed by atoms with Gasteiger partial charge in [-0.2, -0.15) is 0 Å². The molecule has 0 aliphatic heterocycles. The lowest BCUT2D eigenvalue weighted by Gasteiger charge is -2.26. The van der Waals surface area contributed by atoms with Crippen molar-refractivity contribution in [2.45, 2.75) is 37.8 Å². The van der Waals surface area contributed by atoms with Gasteiger partial charge < -0.3 is 15.8 Å². The van der Waals surface area contributed by atoms with Crippen molar-refractivity contribution in [2.24, 2.45) is 5.73 Å². The van der Waals surface area contributed by atoms with Crippen LogP contribution in [0.15, 0.2) is 55.0 Å². The second kappa shape index (κ2) is 8.76. The van der Waals surface area contributed by atoms with Crippen molar-refractivity contribution in [3.8, 4) is 28.3 Å². The van der Waals surface area contributed by atoms with E-state index in [-0.39, 0.29) is 0 Å². The van der Waals surface area contributed by atoms with Gasteiger partial charge in [0.25, 0.3) is 0 Å². The van der Waals surface area contributed by atoms with Gasteiger partial charge in [-0.3, -0.25) is 4.40 Å². The smallest absolute Gasteiger partial charge is 0.223 e. The zero-order valence-electron chi connectivity index (χ0n) is 17.8. The van der Waals surface area contributed by atoms with E-state index in [1.54, 1.807) is 19.5 Å². The molecule has 3 heterocycles. The maximum absolute atomic E-state index is 6.52. The summed E-state index contributed by atoms with van der Waals surface area (Å²) >= 11 is 6.52. The van der Waals surface area contributed by atoms with Crippen LogP contribution in [-0.4, -0.2) is 38.5 Å². The van der Waals surface area contributed by atoms with Crippen LogP contribution in [0.3, 0.4) is 0 Å². The number of imidazole rings is 1. The summed E-state index contributed by atoms with van der Waals surface area (Å²) in [4.78, 5) is 13.7. The molecule has 0 bridgehead atoms. The Morgan fingerprint density at radius 1 is 1.00 bits per heavy atom. The highest BCUT2D eigenvalue weighted by molar-refractivity contribution is 6.32. The van der Waals surface area contributed by atoms with E-state index >= 15 is 0 Å². The van der Waals surface area contributed by atoms with Crippen LogP contribution in [0.1, 0.15) is 25.7 Å². The molecule has 32 heavy (non-hydrogen) atoms. The Hall–Kier alpha value is -3.16. The van der Waals surface area contributed by atoms with Crippen LogP contribution in [0.25, 0.3) is 28.2 Å². The number of ether oxygens (including phenoxy) is 1. The minimum absolute atomic E-state index is 0.299. The van der Waals surface area contributed by atoms with Gasteiger partial charge in [0.2, 0.25) is 5.95 Å². The topological polar surface area (TPSA) is 90.4 Å². The lowest BCUT2D eigenvalue weighted by molar-refractivity contribution is 0.410. The van der Waals surface area contributed by atoms with E-state index in [0.29, 0.717) is 28.7 Å². The Kier molecular flexibility index (Phi) is 5.68. The highest BCUT2D eigenvalue weighted by atomic mass is 35.5. The average Bonchev–Trinajstić information content (AvgIpc) is 3.25. The third-order valence-electron chi connectivity index (χ3n) is 6.02. The van der Waals surface area contributed by atoms with Gasteiger partial charge in [-0.25, -0.2) is 15.0 Å². The molecule has 164 valence electrons. The molecule has 3 N–H and O–H groups in total. The molecular weight excluding hydrogens is 424 g/mol. The predicted octanol–water partition coefficient (Wildman–Crippen LogP) is 4.80. The van der Waals surface area contributed by atoms with Crippen LogP contribution < -0.4 is 15.8 Å². The zero-order chi connectivity index (χ0) is 22.1. The quantitative estimate of drug-likeness (QED) is 0.455.